The molecule has 0 spiro atoms. The lowest BCUT2D eigenvalue weighted by molar-refractivity contribution is -0.386. The van der Waals surface area contributed by atoms with Crippen LogP contribution in [0.4, 0.5) is 5.69 Å². The molecule has 1 aromatic carbocycles. The lowest BCUT2D eigenvalue weighted by atomic mass is 10.2. The molecular weight excluding hydrogens is 260 g/mol. The van der Waals surface area contributed by atoms with Gasteiger partial charge in [-0.25, -0.2) is 0 Å². The maximum atomic E-state index is 11.1. The van der Waals surface area contributed by atoms with Crippen LogP contribution in [0.1, 0.15) is 12.5 Å². The van der Waals surface area contributed by atoms with Gasteiger partial charge in [0.15, 0.2) is 5.75 Å². The molecule has 0 saturated carbocycles. The van der Waals surface area contributed by atoms with E-state index in [0.29, 0.717) is 19.7 Å². The quantitative estimate of drug-likeness (QED) is 0.325. The van der Waals surface area contributed by atoms with Crippen molar-refractivity contribution in [3.8, 4) is 5.75 Å². The van der Waals surface area contributed by atoms with Gasteiger partial charge in [-0.3, -0.25) is 10.1 Å². The van der Waals surface area contributed by atoms with Crippen molar-refractivity contribution in [1.82, 2.24) is 5.32 Å². The van der Waals surface area contributed by atoms with Crippen molar-refractivity contribution < 1.29 is 14.4 Å². The third kappa shape index (κ3) is 4.99. The Balaban J connectivity index is 2.78. The van der Waals surface area contributed by atoms with Gasteiger partial charge in [0.25, 0.3) is 0 Å². The van der Waals surface area contributed by atoms with Gasteiger partial charge < -0.3 is 14.8 Å². The second kappa shape index (κ2) is 8.29. The first kappa shape index (κ1) is 16.1. The predicted octanol–water partition coefficient (Wildman–Crippen LogP) is 2.28. The van der Waals surface area contributed by atoms with Crippen LogP contribution in [0.2, 0.25) is 0 Å². The van der Waals surface area contributed by atoms with Crippen molar-refractivity contribution >= 4 is 5.69 Å². The number of nitro benzene ring substituents is 1. The van der Waals surface area contributed by atoms with Crippen LogP contribution in [0.5, 0.6) is 5.75 Å². The Kier molecular flexibility index (Phi) is 6.69. The van der Waals surface area contributed by atoms with E-state index < -0.39 is 4.92 Å². The average molecular weight is 280 g/mol. The minimum atomic E-state index is -0.441. The van der Waals surface area contributed by atoms with E-state index in [4.69, 9.17) is 9.47 Å². The highest BCUT2D eigenvalue weighted by Gasteiger charge is 2.17. The van der Waals surface area contributed by atoms with E-state index >= 15 is 0 Å². The Morgan fingerprint density at radius 2 is 2.30 bits per heavy atom. The molecule has 1 aromatic rings. The Morgan fingerprint density at radius 1 is 1.55 bits per heavy atom. The van der Waals surface area contributed by atoms with Gasteiger partial charge in [-0.2, -0.15) is 0 Å². The molecule has 0 aliphatic carbocycles. The second-order valence-corrected chi connectivity index (χ2v) is 4.29. The molecule has 0 aliphatic rings. The highest BCUT2D eigenvalue weighted by atomic mass is 16.6. The summed E-state index contributed by atoms with van der Waals surface area (Å²) < 4.78 is 10.4. The minimum absolute atomic E-state index is 0.0373. The monoisotopic (exact) mass is 280 g/mol. The summed E-state index contributed by atoms with van der Waals surface area (Å²) in [6.45, 7) is 7.20. The zero-order valence-electron chi connectivity index (χ0n) is 11.8. The van der Waals surface area contributed by atoms with Crippen LogP contribution in [0.15, 0.2) is 30.9 Å². The molecule has 0 saturated heterocycles. The van der Waals surface area contributed by atoms with Crippen molar-refractivity contribution in [3.63, 3.8) is 0 Å². The number of ether oxygens (including phenoxy) is 2. The summed E-state index contributed by atoms with van der Waals surface area (Å²) in [5, 5.41) is 14.2. The van der Waals surface area contributed by atoms with Crippen molar-refractivity contribution in [2.75, 3.05) is 20.3 Å². The molecule has 0 radical (unpaired) electrons. The van der Waals surface area contributed by atoms with Crippen molar-refractivity contribution in [2.24, 2.45) is 0 Å². The van der Waals surface area contributed by atoms with Crippen LogP contribution in [-0.4, -0.2) is 31.3 Å². The Morgan fingerprint density at radius 3 is 2.90 bits per heavy atom. The fourth-order valence-electron chi connectivity index (χ4n) is 1.57. The molecule has 6 nitrogen and oxygen atoms in total. The number of benzene rings is 1. The zero-order chi connectivity index (χ0) is 15.0. The third-order valence-corrected chi connectivity index (χ3v) is 2.68. The number of hydrogen-bond donors (Lipinski definition) is 1. The first-order chi connectivity index (χ1) is 9.58. The van der Waals surface area contributed by atoms with E-state index in [2.05, 4.69) is 11.9 Å². The van der Waals surface area contributed by atoms with Gasteiger partial charge >= 0.3 is 5.69 Å². The first-order valence-corrected chi connectivity index (χ1v) is 6.34. The molecule has 0 aromatic heterocycles. The van der Waals surface area contributed by atoms with E-state index in [1.54, 1.807) is 32.2 Å². The zero-order valence-corrected chi connectivity index (χ0v) is 11.8. The largest absolute Gasteiger partial charge is 0.480 e. The molecule has 110 valence electrons. The average Bonchev–Trinajstić information content (AvgIpc) is 2.44. The summed E-state index contributed by atoms with van der Waals surface area (Å²) in [4.78, 5) is 10.6. The van der Waals surface area contributed by atoms with E-state index in [1.807, 2.05) is 0 Å². The Hall–Kier alpha value is -1.92. The van der Waals surface area contributed by atoms with Gasteiger partial charge in [0.2, 0.25) is 0 Å². The summed E-state index contributed by atoms with van der Waals surface area (Å²) in [6, 6.07) is 4.94. The van der Waals surface area contributed by atoms with Gasteiger partial charge in [0.05, 0.1) is 11.5 Å². The van der Waals surface area contributed by atoms with Gasteiger partial charge in [-0.05, 0) is 18.6 Å². The van der Waals surface area contributed by atoms with Gasteiger partial charge in [-0.1, -0.05) is 18.7 Å². The van der Waals surface area contributed by atoms with Crippen molar-refractivity contribution in [1.29, 1.82) is 0 Å². The summed E-state index contributed by atoms with van der Waals surface area (Å²) in [6.07, 6.45) is 1.31. The number of nitrogens with one attached hydrogen (secondary N) is 1. The molecule has 1 rings (SSSR count). The second-order valence-electron chi connectivity index (χ2n) is 4.29. The maximum Gasteiger partial charge on any atom is 0.311 e. The number of nitrogens with zero attached hydrogens (tertiary/aromatic N) is 1. The molecule has 0 heterocycles. The van der Waals surface area contributed by atoms with Crippen LogP contribution in [0.3, 0.4) is 0 Å². The van der Waals surface area contributed by atoms with Crippen molar-refractivity contribution in [3.05, 3.63) is 46.5 Å². The van der Waals surface area contributed by atoms with Gasteiger partial charge in [0.1, 0.15) is 6.10 Å². The number of nitro groups is 1. The molecule has 0 bridgehead atoms. The predicted molar refractivity (Wildman–Crippen MR) is 77.0 cm³/mol. The normalized spacial score (nSPS) is 11.9. The van der Waals surface area contributed by atoms with Gasteiger partial charge in [-0.15, -0.1) is 0 Å². The van der Waals surface area contributed by atoms with E-state index in [9.17, 15) is 10.1 Å². The Bertz CT molecular complexity index is 462. The number of hydrogen-bond acceptors (Lipinski definition) is 5. The molecule has 20 heavy (non-hydrogen) atoms. The minimum Gasteiger partial charge on any atom is -0.480 e. The maximum absolute atomic E-state index is 11.1. The Labute approximate surface area is 118 Å². The molecule has 1 unspecified atom stereocenters. The van der Waals surface area contributed by atoms with E-state index in [1.165, 1.54) is 6.07 Å². The van der Waals surface area contributed by atoms with Crippen LogP contribution >= 0.6 is 0 Å². The third-order valence-electron chi connectivity index (χ3n) is 2.68. The van der Waals surface area contributed by atoms with E-state index in [0.717, 1.165) is 5.56 Å². The van der Waals surface area contributed by atoms with Crippen molar-refractivity contribution in [2.45, 2.75) is 19.6 Å². The fourth-order valence-corrected chi connectivity index (χ4v) is 1.57. The van der Waals surface area contributed by atoms with Crippen LogP contribution < -0.4 is 10.1 Å². The topological polar surface area (TPSA) is 73.6 Å². The summed E-state index contributed by atoms with van der Waals surface area (Å²) in [5.41, 5.74) is 0.788. The van der Waals surface area contributed by atoms with Crippen LogP contribution in [-0.2, 0) is 11.3 Å². The molecule has 1 N–H and O–H groups in total. The molecule has 1 atom stereocenters. The molecular formula is C14H20N2O4. The first-order valence-electron chi connectivity index (χ1n) is 6.34. The summed E-state index contributed by atoms with van der Waals surface area (Å²) >= 11 is 0. The van der Waals surface area contributed by atoms with Crippen LogP contribution in [0, 0.1) is 10.1 Å². The number of rotatable bonds is 9. The fraction of sp³-hybridized carbons (Fsp3) is 0.429. The molecule has 0 fully saturated rings. The van der Waals surface area contributed by atoms with E-state index in [-0.39, 0.29) is 17.5 Å². The lowest BCUT2D eigenvalue weighted by Crippen LogP contribution is -2.18. The lowest BCUT2D eigenvalue weighted by Gasteiger charge is -2.11. The molecule has 0 aliphatic heterocycles. The highest BCUT2D eigenvalue weighted by molar-refractivity contribution is 5.48. The SMILES string of the molecule is C=CC(C)Oc1ccc(CNCCOC)cc1[N+](=O)[O-]. The number of methoxy groups -OCH3 is 1. The highest BCUT2D eigenvalue weighted by Crippen LogP contribution is 2.28. The van der Waals surface area contributed by atoms with Crippen LogP contribution in [0.25, 0.3) is 0 Å². The summed E-state index contributed by atoms with van der Waals surface area (Å²) in [7, 11) is 1.62. The smallest absolute Gasteiger partial charge is 0.311 e. The molecule has 0 amide bonds. The van der Waals surface area contributed by atoms with Gasteiger partial charge in [0, 0.05) is 26.3 Å². The molecule has 6 heteroatoms. The standard InChI is InChI=1S/C14H20N2O4/c1-4-11(2)20-14-6-5-12(9-13(14)16(17)18)10-15-7-8-19-3/h4-6,9,11,15H,1,7-8,10H2,2-3H3. The summed E-state index contributed by atoms with van der Waals surface area (Å²) in [5.74, 6) is 0.253.